The van der Waals surface area contributed by atoms with Gasteiger partial charge in [0.15, 0.2) is 0 Å². The molecule has 0 aliphatic heterocycles. The lowest BCUT2D eigenvalue weighted by molar-refractivity contribution is -0.384. The number of nitro groups is 1. The maximum absolute atomic E-state index is 12.0. The predicted octanol–water partition coefficient (Wildman–Crippen LogP) is 3.11. The highest BCUT2D eigenvalue weighted by Crippen LogP contribution is 2.21. The van der Waals surface area contributed by atoms with Crippen molar-refractivity contribution in [3.05, 3.63) is 38.9 Å². The van der Waals surface area contributed by atoms with E-state index in [9.17, 15) is 14.9 Å². The van der Waals surface area contributed by atoms with E-state index in [1.165, 1.54) is 23.1 Å². The zero-order chi connectivity index (χ0) is 13.7. The minimum absolute atomic E-state index is 0.181. The molecule has 0 aliphatic carbocycles. The van der Waals surface area contributed by atoms with Crippen molar-refractivity contribution in [1.82, 2.24) is 4.90 Å². The number of hydrogen-bond donors (Lipinski definition) is 0. The van der Waals surface area contributed by atoms with Gasteiger partial charge in [-0.3, -0.25) is 14.9 Å². The highest BCUT2D eigenvalue weighted by atomic mass is 79.9. The monoisotopic (exact) mass is 334 g/mol. The molecular weight excluding hydrogens is 323 g/mol. The molecule has 0 bridgehead atoms. The van der Waals surface area contributed by atoms with Crippen molar-refractivity contribution in [1.29, 1.82) is 0 Å². The number of amides is 1. The highest BCUT2D eigenvalue weighted by molar-refractivity contribution is 9.09. The summed E-state index contributed by atoms with van der Waals surface area (Å²) in [6, 6.07) is 3.89. The first-order valence-corrected chi connectivity index (χ1v) is 6.72. The molecule has 0 aromatic heterocycles. The van der Waals surface area contributed by atoms with E-state index in [0.717, 1.165) is 11.8 Å². The smallest absolute Gasteiger partial charge is 0.271 e. The summed E-state index contributed by atoms with van der Waals surface area (Å²) in [4.78, 5) is 23.6. The van der Waals surface area contributed by atoms with E-state index in [1.54, 1.807) is 7.05 Å². The van der Waals surface area contributed by atoms with Gasteiger partial charge in [-0.05, 0) is 12.5 Å². The summed E-state index contributed by atoms with van der Waals surface area (Å²) in [5.74, 6) is -0.276. The van der Waals surface area contributed by atoms with E-state index in [-0.39, 0.29) is 22.2 Å². The third kappa shape index (κ3) is 3.96. The van der Waals surface area contributed by atoms with Crippen LogP contribution in [0.4, 0.5) is 5.69 Å². The molecule has 18 heavy (non-hydrogen) atoms. The van der Waals surface area contributed by atoms with Gasteiger partial charge in [-0.25, -0.2) is 0 Å². The number of rotatable bonds is 5. The van der Waals surface area contributed by atoms with Gasteiger partial charge in [-0.1, -0.05) is 27.5 Å². The van der Waals surface area contributed by atoms with Crippen molar-refractivity contribution in [2.24, 2.45) is 0 Å². The number of carbonyl (C=O) groups is 1. The van der Waals surface area contributed by atoms with E-state index < -0.39 is 4.92 Å². The Morgan fingerprint density at radius 3 is 2.72 bits per heavy atom. The summed E-state index contributed by atoms with van der Waals surface area (Å²) in [5, 5.41) is 11.7. The second-order valence-electron chi connectivity index (χ2n) is 3.72. The van der Waals surface area contributed by atoms with E-state index in [0.29, 0.717) is 6.54 Å². The topological polar surface area (TPSA) is 63.5 Å². The summed E-state index contributed by atoms with van der Waals surface area (Å²) in [6.07, 6.45) is 0.810. The van der Waals surface area contributed by atoms with Gasteiger partial charge in [0.05, 0.1) is 4.92 Å². The zero-order valence-electron chi connectivity index (χ0n) is 9.73. The molecule has 0 unspecified atom stereocenters. The van der Waals surface area contributed by atoms with Gasteiger partial charge in [0, 0.05) is 41.6 Å². The molecule has 0 fully saturated rings. The molecule has 0 atom stereocenters. The standard InChI is InChI=1S/C11H12BrClN2O3/c1-14(4-2-3-12)11(16)8-5-9(13)7-10(6-8)15(17)18/h5-7H,2-4H2,1H3. The Kier molecular flexibility index (Phi) is 5.55. The Morgan fingerprint density at radius 2 is 2.17 bits per heavy atom. The number of benzene rings is 1. The van der Waals surface area contributed by atoms with Crippen LogP contribution in [0.5, 0.6) is 0 Å². The second kappa shape index (κ2) is 6.70. The third-order valence-electron chi connectivity index (χ3n) is 2.31. The van der Waals surface area contributed by atoms with Gasteiger partial charge in [0.2, 0.25) is 0 Å². The molecule has 0 saturated heterocycles. The van der Waals surface area contributed by atoms with Gasteiger partial charge in [-0.2, -0.15) is 0 Å². The van der Waals surface area contributed by atoms with Crippen LogP contribution in [0.25, 0.3) is 0 Å². The fourth-order valence-corrected chi connectivity index (χ4v) is 1.90. The minimum atomic E-state index is -0.568. The van der Waals surface area contributed by atoms with E-state index in [2.05, 4.69) is 15.9 Å². The minimum Gasteiger partial charge on any atom is -0.342 e. The molecule has 1 aromatic carbocycles. The molecule has 1 amide bonds. The lowest BCUT2D eigenvalue weighted by Crippen LogP contribution is -2.28. The molecule has 0 spiro atoms. The lowest BCUT2D eigenvalue weighted by atomic mass is 10.1. The van der Waals surface area contributed by atoms with E-state index >= 15 is 0 Å². The molecule has 7 heteroatoms. The van der Waals surface area contributed by atoms with Crippen molar-refractivity contribution in [2.45, 2.75) is 6.42 Å². The molecule has 0 heterocycles. The van der Waals surface area contributed by atoms with Gasteiger partial charge in [0.25, 0.3) is 11.6 Å². The Labute approximate surface area is 118 Å². The van der Waals surface area contributed by atoms with Gasteiger partial charge >= 0.3 is 0 Å². The molecular formula is C11H12BrClN2O3. The Balaban J connectivity index is 2.95. The van der Waals surface area contributed by atoms with Crippen LogP contribution in [0.2, 0.25) is 5.02 Å². The number of hydrogen-bond acceptors (Lipinski definition) is 3. The summed E-state index contributed by atoms with van der Waals surface area (Å²) in [6.45, 7) is 0.574. The first kappa shape index (κ1) is 14.9. The van der Waals surface area contributed by atoms with Crippen LogP contribution < -0.4 is 0 Å². The zero-order valence-corrected chi connectivity index (χ0v) is 12.1. The van der Waals surface area contributed by atoms with Crippen LogP contribution in [0, 0.1) is 10.1 Å². The molecule has 98 valence electrons. The number of carbonyl (C=O) groups excluding carboxylic acids is 1. The summed E-state index contributed by atoms with van der Waals surface area (Å²) in [7, 11) is 1.65. The number of nitro benzene ring substituents is 1. The average molecular weight is 336 g/mol. The first-order valence-electron chi connectivity index (χ1n) is 5.22. The second-order valence-corrected chi connectivity index (χ2v) is 4.95. The molecule has 0 aliphatic rings. The van der Waals surface area contributed by atoms with E-state index in [4.69, 9.17) is 11.6 Å². The Bertz CT molecular complexity index is 468. The van der Waals surface area contributed by atoms with Crippen LogP contribution >= 0.6 is 27.5 Å². The largest absolute Gasteiger partial charge is 0.342 e. The quantitative estimate of drug-likeness (QED) is 0.472. The van der Waals surface area contributed by atoms with E-state index in [1.807, 2.05) is 0 Å². The highest BCUT2D eigenvalue weighted by Gasteiger charge is 2.16. The molecule has 0 N–H and O–H groups in total. The lowest BCUT2D eigenvalue weighted by Gasteiger charge is -2.16. The van der Waals surface area contributed by atoms with Gasteiger partial charge < -0.3 is 4.90 Å². The normalized spacial score (nSPS) is 10.2. The van der Waals surface area contributed by atoms with Crippen LogP contribution in [-0.4, -0.2) is 34.7 Å². The summed E-state index contributed by atoms with van der Waals surface area (Å²) in [5.41, 5.74) is 0.0472. The number of halogens is 2. The number of non-ortho nitro benzene ring substituents is 1. The first-order chi connectivity index (χ1) is 8.45. The molecule has 1 rings (SSSR count). The summed E-state index contributed by atoms with van der Waals surface area (Å²) < 4.78 is 0. The Hall–Kier alpha value is -1.14. The van der Waals surface area contributed by atoms with Crippen LogP contribution in [-0.2, 0) is 0 Å². The molecule has 5 nitrogen and oxygen atoms in total. The van der Waals surface area contributed by atoms with Crippen LogP contribution in [0.1, 0.15) is 16.8 Å². The number of nitrogens with zero attached hydrogens (tertiary/aromatic N) is 2. The Morgan fingerprint density at radius 1 is 1.50 bits per heavy atom. The maximum Gasteiger partial charge on any atom is 0.271 e. The molecule has 0 radical (unpaired) electrons. The predicted molar refractivity (Wildman–Crippen MR) is 73.5 cm³/mol. The maximum atomic E-state index is 12.0. The van der Waals surface area contributed by atoms with Gasteiger partial charge in [-0.15, -0.1) is 0 Å². The third-order valence-corrected chi connectivity index (χ3v) is 3.09. The molecule has 1 aromatic rings. The van der Waals surface area contributed by atoms with Gasteiger partial charge in [0.1, 0.15) is 0 Å². The van der Waals surface area contributed by atoms with Crippen molar-refractivity contribution >= 4 is 39.1 Å². The van der Waals surface area contributed by atoms with Crippen LogP contribution in [0.15, 0.2) is 18.2 Å². The van der Waals surface area contributed by atoms with Crippen molar-refractivity contribution < 1.29 is 9.72 Å². The van der Waals surface area contributed by atoms with Crippen molar-refractivity contribution in [3.8, 4) is 0 Å². The van der Waals surface area contributed by atoms with Crippen molar-refractivity contribution in [2.75, 3.05) is 18.9 Å². The van der Waals surface area contributed by atoms with Crippen LogP contribution in [0.3, 0.4) is 0 Å². The number of alkyl halides is 1. The fraction of sp³-hybridized carbons (Fsp3) is 0.364. The van der Waals surface area contributed by atoms with Crippen molar-refractivity contribution in [3.63, 3.8) is 0 Å². The molecule has 0 saturated carbocycles. The fourth-order valence-electron chi connectivity index (χ4n) is 1.42. The SMILES string of the molecule is CN(CCCBr)C(=O)c1cc(Cl)cc([N+](=O)[O-])c1. The summed E-state index contributed by atoms with van der Waals surface area (Å²) >= 11 is 9.04. The average Bonchev–Trinajstić information content (AvgIpc) is 2.34.